The molecule has 1 fully saturated rings. The number of anilines is 3. The van der Waals surface area contributed by atoms with E-state index in [4.69, 9.17) is 11.3 Å². The molecule has 35 heavy (non-hydrogen) atoms. The minimum atomic E-state index is -0.514. The summed E-state index contributed by atoms with van der Waals surface area (Å²) in [5, 5.41) is 3.20. The predicted octanol–water partition coefficient (Wildman–Crippen LogP) is 5.87. The Morgan fingerprint density at radius 2 is 2.06 bits per heavy atom. The second kappa shape index (κ2) is 10.8. The number of hydrogen-bond acceptors (Lipinski definition) is 6. The summed E-state index contributed by atoms with van der Waals surface area (Å²) in [6.45, 7) is 12.9. The van der Waals surface area contributed by atoms with Gasteiger partial charge in [0.15, 0.2) is 5.78 Å². The highest BCUT2D eigenvalue weighted by Gasteiger charge is 2.17. The number of methoxy groups -OCH3 is 1. The maximum absolute atomic E-state index is 14.4. The number of nitrogens with one attached hydrogen (secondary N) is 1. The Hall–Kier alpha value is -4.25. The van der Waals surface area contributed by atoms with Crippen molar-refractivity contribution >= 4 is 28.8 Å². The van der Waals surface area contributed by atoms with Crippen molar-refractivity contribution in [3.05, 3.63) is 78.0 Å². The molecular formula is C27H26FN5O2. The van der Waals surface area contributed by atoms with Crippen LogP contribution >= 0.6 is 0 Å². The fraction of sp³-hybridized carbons (Fsp3) is 0.259. The standard InChI is InChI=1S/C27H26FN5O2/c1-4-22(34)14-18-12-19(15-20(28)13-18)26-23(29-2)17-30-27(32-26)31-21-8-9-25(35-3)24(16-21)33-10-6-5-7-11-33/h4,8-9,12-13,15-17H,1,5-7,10-11,14H2,3H3,(H,30,31,32). The van der Waals surface area contributed by atoms with Gasteiger partial charge in [-0.2, -0.15) is 0 Å². The summed E-state index contributed by atoms with van der Waals surface area (Å²) in [5.74, 6) is 0.333. The molecule has 0 radical (unpaired) electrons. The van der Waals surface area contributed by atoms with Crippen molar-refractivity contribution in [3.63, 3.8) is 0 Å². The number of aromatic nitrogens is 2. The highest BCUT2D eigenvalue weighted by Crippen LogP contribution is 2.35. The number of piperidine rings is 1. The molecule has 0 amide bonds. The van der Waals surface area contributed by atoms with Crippen molar-refractivity contribution in [1.82, 2.24) is 9.97 Å². The number of nitrogens with zero attached hydrogens (tertiary/aromatic N) is 4. The molecule has 178 valence electrons. The summed E-state index contributed by atoms with van der Waals surface area (Å²) in [5.41, 5.74) is 3.12. The summed E-state index contributed by atoms with van der Waals surface area (Å²) in [6.07, 6.45) is 6.13. The molecule has 0 aliphatic carbocycles. The van der Waals surface area contributed by atoms with E-state index in [1.54, 1.807) is 13.2 Å². The normalized spacial score (nSPS) is 13.1. The van der Waals surface area contributed by atoms with Gasteiger partial charge < -0.3 is 15.0 Å². The van der Waals surface area contributed by atoms with Crippen LogP contribution in [0.2, 0.25) is 0 Å². The Morgan fingerprint density at radius 1 is 1.26 bits per heavy atom. The number of carbonyl (C=O) groups is 1. The molecule has 8 heteroatoms. The highest BCUT2D eigenvalue weighted by atomic mass is 19.1. The van der Waals surface area contributed by atoms with E-state index in [2.05, 4.69) is 31.6 Å². The second-order valence-electron chi connectivity index (χ2n) is 8.29. The van der Waals surface area contributed by atoms with Crippen LogP contribution in [0.3, 0.4) is 0 Å². The van der Waals surface area contributed by atoms with Gasteiger partial charge in [-0.1, -0.05) is 12.6 Å². The Labute approximate surface area is 204 Å². The van der Waals surface area contributed by atoms with Crippen LogP contribution in [0.4, 0.5) is 27.4 Å². The lowest BCUT2D eigenvalue weighted by Crippen LogP contribution is -2.29. The van der Waals surface area contributed by atoms with E-state index in [9.17, 15) is 9.18 Å². The van der Waals surface area contributed by atoms with Crippen LogP contribution in [0, 0.1) is 12.4 Å². The van der Waals surface area contributed by atoms with Crippen molar-refractivity contribution in [1.29, 1.82) is 0 Å². The first-order chi connectivity index (χ1) is 17.0. The number of ketones is 1. The van der Waals surface area contributed by atoms with E-state index in [0.29, 0.717) is 11.1 Å². The molecule has 2 heterocycles. The zero-order chi connectivity index (χ0) is 24.8. The minimum absolute atomic E-state index is 0.0168. The molecule has 1 N–H and O–H groups in total. The first kappa shape index (κ1) is 23.9. The molecule has 1 aliphatic heterocycles. The fourth-order valence-corrected chi connectivity index (χ4v) is 4.17. The second-order valence-corrected chi connectivity index (χ2v) is 8.29. The van der Waals surface area contributed by atoms with Crippen LogP contribution < -0.4 is 15.0 Å². The molecule has 0 bridgehead atoms. The SMILES string of the molecule is [C-]#[N+]c1cnc(Nc2ccc(OC)c(N3CCCCC3)c2)nc1-c1cc(F)cc(CC(=O)C=C)c1. The van der Waals surface area contributed by atoms with Gasteiger partial charge in [0.25, 0.3) is 0 Å². The highest BCUT2D eigenvalue weighted by molar-refractivity contribution is 5.91. The van der Waals surface area contributed by atoms with Crippen LogP contribution in [0.25, 0.3) is 16.1 Å². The van der Waals surface area contributed by atoms with Crippen molar-refractivity contribution in [2.45, 2.75) is 25.7 Å². The number of halogens is 1. The lowest BCUT2D eigenvalue weighted by Gasteiger charge is -2.30. The molecule has 7 nitrogen and oxygen atoms in total. The number of carbonyl (C=O) groups excluding carboxylic acids is 1. The minimum Gasteiger partial charge on any atom is -0.495 e. The summed E-state index contributed by atoms with van der Waals surface area (Å²) in [4.78, 5) is 26.4. The van der Waals surface area contributed by atoms with E-state index in [0.717, 1.165) is 43.1 Å². The number of allylic oxidation sites excluding steroid dienone is 1. The Balaban J connectivity index is 1.67. The first-order valence-electron chi connectivity index (χ1n) is 11.4. The number of hydrogen-bond donors (Lipinski definition) is 1. The van der Waals surface area contributed by atoms with E-state index in [1.165, 1.54) is 30.8 Å². The summed E-state index contributed by atoms with van der Waals surface area (Å²) >= 11 is 0. The van der Waals surface area contributed by atoms with E-state index in [1.807, 2.05) is 18.2 Å². The Morgan fingerprint density at radius 3 is 2.77 bits per heavy atom. The average molecular weight is 472 g/mol. The molecule has 3 aromatic rings. The fourth-order valence-electron chi connectivity index (χ4n) is 4.17. The maximum Gasteiger partial charge on any atom is 0.230 e. The van der Waals surface area contributed by atoms with Crippen LogP contribution in [-0.4, -0.2) is 36.0 Å². The molecule has 0 atom stereocenters. The van der Waals surface area contributed by atoms with Gasteiger partial charge in [-0.25, -0.2) is 19.2 Å². The maximum atomic E-state index is 14.4. The van der Waals surface area contributed by atoms with Crippen molar-refractivity contribution in [3.8, 4) is 17.0 Å². The molecule has 1 aromatic heterocycles. The van der Waals surface area contributed by atoms with Crippen LogP contribution in [0.15, 0.2) is 55.3 Å². The topological polar surface area (TPSA) is 71.7 Å². The van der Waals surface area contributed by atoms with Crippen molar-refractivity contribution in [2.24, 2.45) is 0 Å². The molecule has 0 spiro atoms. The van der Waals surface area contributed by atoms with Gasteiger partial charge in [-0.3, -0.25) is 4.79 Å². The third-order valence-electron chi connectivity index (χ3n) is 5.86. The quantitative estimate of drug-likeness (QED) is 0.327. The van der Waals surface area contributed by atoms with Gasteiger partial charge in [0.2, 0.25) is 11.6 Å². The van der Waals surface area contributed by atoms with Crippen molar-refractivity contribution < 1.29 is 13.9 Å². The molecule has 0 saturated carbocycles. The number of rotatable bonds is 8. The molecule has 1 aliphatic rings. The van der Waals surface area contributed by atoms with Gasteiger partial charge >= 0.3 is 0 Å². The smallest absolute Gasteiger partial charge is 0.230 e. The molecular weight excluding hydrogens is 445 g/mol. The average Bonchev–Trinajstić information content (AvgIpc) is 2.88. The van der Waals surface area contributed by atoms with Crippen LogP contribution in [0.1, 0.15) is 24.8 Å². The number of benzene rings is 2. The van der Waals surface area contributed by atoms with E-state index in [-0.39, 0.29) is 29.5 Å². The third-order valence-corrected chi connectivity index (χ3v) is 5.86. The summed E-state index contributed by atoms with van der Waals surface area (Å²) < 4.78 is 19.9. The molecule has 0 unspecified atom stereocenters. The van der Waals surface area contributed by atoms with E-state index >= 15 is 0 Å². The monoisotopic (exact) mass is 471 g/mol. The van der Waals surface area contributed by atoms with Crippen LogP contribution in [-0.2, 0) is 11.2 Å². The molecule has 1 saturated heterocycles. The van der Waals surface area contributed by atoms with E-state index < -0.39 is 5.82 Å². The Kier molecular flexibility index (Phi) is 7.36. The van der Waals surface area contributed by atoms with Crippen molar-refractivity contribution in [2.75, 3.05) is 30.4 Å². The number of ether oxygens (including phenoxy) is 1. The van der Waals surface area contributed by atoms with Gasteiger partial charge in [-0.05, 0) is 66.8 Å². The predicted molar refractivity (Wildman–Crippen MR) is 135 cm³/mol. The summed E-state index contributed by atoms with van der Waals surface area (Å²) in [6, 6.07) is 10.0. The first-order valence-corrected chi connectivity index (χ1v) is 11.4. The zero-order valence-electron chi connectivity index (χ0n) is 19.6. The zero-order valence-corrected chi connectivity index (χ0v) is 19.6. The Bertz CT molecular complexity index is 1300. The lowest BCUT2D eigenvalue weighted by molar-refractivity contribution is -0.114. The molecule has 2 aromatic carbocycles. The van der Waals surface area contributed by atoms with Gasteiger partial charge in [0.05, 0.1) is 25.1 Å². The van der Waals surface area contributed by atoms with Gasteiger partial charge in [-0.15, -0.1) is 0 Å². The molecule has 4 rings (SSSR count). The summed E-state index contributed by atoms with van der Waals surface area (Å²) in [7, 11) is 1.66. The van der Waals surface area contributed by atoms with Gasteiger partial charge in [0, 0.05) is 31.4 Å². The van der Waals surface area contributed by atoms with Gasteiger partial charge in [0.1, 0.15) is 11.6 Å². The lowest BCUT2D eigenvalue weighted by atomic mass is 10.0. The van der Waals surface area contributed by atoms with Crippen LogP contribution in [0.5, 0.6) is 5.75 Å². The third kappa shape index (κ3) is 5.64. The largest absolute Gasteiger partial charge is 0.495 e.